The van der Waals surface area contributed by atoms with Gasteiger partial charge in [-0.2, -0.15) is 13.2 Å². The summed E-state index contributed by atoms with van der Waals surface area (Å²) in [5.74, 6) is -0.760. The first-order chi connectivity index (χ1) is 7.72. The number of carbonyl (C=O) groups is 1. The standard InChI is InChI=1S/C11H19F3N2O/c1-7-4-3-5-8(9(7)15)10(17)16(2)6-11(12,13)14/h7-9H,3-6,15H2,1-2H3. The van der Waals surface area contributed by atoms with Gasteiger partial charge in [0.25, 0.3) is 0 Å². The van der Waals surface area contributed by atoms with Crippen LogP contribution in [0.5, 0.6) is 0 Å². The Labute approximate surface area is 99.1 Å². The summed E-state index contributed by atoms with van der Waals surface area (Å²) < 4.78 is 36.5. The normalized spacial score (nSPS) is 30.1. The van der Waals surface area contributed by atoms with E-state index < -0.39 is 24.5 Å². The third kappa shape index (κ3) is 3.87. The fraction of sp³-hybridized carbons (Fsp3) is 0.909. The van der Waals surface area contributed by atoms with Crippen LogP contribution in [0.15, 0.2) is 0 Å². The second-order valence-corrected chi connectivity index (χ2v) is 4.90. The van der Waals surface area contributed by atoms with Crippen LogP contribution in [0.2, 0.25) is 0 Å². The minimum Gasteiger partial charge on any atom is -0.336 e. The van der Waals surface area contributed by atoms with Crippen molar-refractivity contribution in [1.82, 2.24) is 4.90 Å². The van der Waals surface area contributed by atoms with Gasteiger partial charge in [-0.05, 0) is 18.8 Å². The molecule has 1 fully saturated rings. The summed E-state index contributed by atoms with van der Waals surface area (Å²) in [6, 6.07) is -0.327. The number of hydrogen-bond donors (Lipinski definition) is 1. The van der Waals surface area contributed by atoms with Crippen LogP contribution >= 0.6 is 0 Å². The molecule has 3 atom stereocenters. The zero-order valence-corrected chi connectivity index (χ0v) is 10.1. The molecule has 0 bridgehead atoms. The molecule has 0 aromatic carbocycles. The molecule has 6 heteroatoms. The molecule has 0 aliphatic heterocycles. The van der Waals surface area contributed by atoms with Crippen LogP contribution in [0.1, 0.15) is 26.2 Å². The van der Waals surface area contributed by atoms with Crippen LogP contribution in [0.25, 0.3) is 0 Å². The molecule has 2 N–H and O–H groups in total. The number of amides is 1. The Hall–Kier alpha value is -0.780. The fourth-order valence-corrected chi connectivity index (χ4v) is 2.36. The second-order valence-electron chi connectivity index (χ2n) is 4.90. The van der Waals surface area contributed by atoms with Crippen molar-refractivity contribution < 1.29 is 18.0 Å². The lowest BCUT2D eigenvalue weighted by molar-refractivity contribution is -0.162. The van der Waals surface area contributed by atoms with Crippen molar-refractivity contribution in [2.45, 2.75) is 38.4 Å². The number of nitrogens with zero attached hydrogens (tertiary/aromatic N) is 1. The van der Waals surface area contributed by atoms with E-state index >= 15 is 0 Å². The molecule has 1 aliphatic rings. The molecule has 1 saturated carbocycles. The van der Waals surface area contributed by atoms with Gasteiger partial charge in [0.05, 0.1) is 5.92 Å². The molecule has 17 heavy (non-hydrogen) atoms. The van der Waals surface area contributed by atoms with Gasteiger partial charge in [0, 0.05) is 13.1 Å². The Morgan fingerprint density at radius 1 is 1.41 bits per heavy atom. The van der Waals surface area contributed by atoms with Crippen LogP contribution < -0.4 is 5.73 Å². The van der Waals surface area contributed by atoms with Crippen molar-refractivity contribution in [3.63, 3.8) is 0 Å². The third-order valence-electron chi connectivity index (χ3n) is 3.41. The van der Waals surface area contributed by atoms with Gasteiger partial charge in [0.1, 0.15) is 6.54 Å². The van der Waals surface area contributed by atoms with Gasteiger partial charge in [-0.1, -0.05) is 13.3 Å². The Morgan fingerprint density at radius 3 is 2.53 bits per heavy atom. The quantitative estimate of drug-likeness (QED) is 0.814. The van der Waals surface area contributed by atoms with Crippen LogP contribution in [0.3, 0.4) is 0 Å². The van der Waals surface area contributed by atoms with E-state index in [1.165, 1.54) is 7.05 Å². The highest BCUT2D eigenvalue weighted by molar-refractivity contribution is 5.79. The molecule has 3 nitrogen and oxygen atoms in total. The number of halogens is 3. The SMILES string of the molecule is CC1CCCC(C(=O)N(C)CC(F)(F)F)C1N. The average Bonchev–Trinajstić information content (AvgIpc) is 2.18. The monoisotopic (exact) mass is 252 g/mol. The molecule has 1 rings (SSSR count). The molecule has 0 aromatic heterocycles. The summed E-state index contributed by atoms with van der Waals surface area (Å²) in [5, 5.41) is 0. The van der Waals surface area contributed by atoms with Gasteiger partial charge in [-0.15, -0.1) is 0 Å². The zero-order valence-electron chi connectivity index (χ0n) is 10.1. The van der Waals surface area contributed by atoms with Gasteiger partial charge < -0.3 is 10.6 Å². The highest BCUT2D eigenvalue weighted by Crippen LogP contribution is 2.29. The van der Waals surface area contributed by atoms with Crippen molar-refractivity contribution in [3.05, 3.63) is 0 Å². The average molecular weight is 252 g/mol. The van der Waals surface area contributed by atoms with Crippen molar-refractivity contribution in [1.29, 1.82) is 0 Å². The molecule has 1 aliphatic carbocycles. The molecule has 0 radical (unpaired) electrons. The lowest BCUT2D eigenvalue weighted by Crippen LogP contribution is -2.49. The van der Waals surface area contributed by atoms with Gasteiger partial charge in [0.2, 0.25) is 5.91 Å². The van der Waals surface area contributed by atoms with Crippen LogP contribution in [-0.2, 0) is 4.79 Å². The lowest BCUT2D eigenvalue weighted by Gasteiger charge is -2.35. The van der Waals surface area contributed by atoms with E-state index in [9.17, 15) is 18.0 Å². The van der Waals surface area contributed by atoms with Crippen LogP contribution in [0.4, 0.5) is 13.2 Å². The second kappa shape index (κ2) is 5.25. The van der Waals surface area contributed by atoms with E-state index in [0.717, 1.165) is 17.7 Å². The van der Waals surface area contributed by atoms with Gasteiger partial charge >= 0.3 is 6.18 Å². The molecular formula is C11H19F3N2O. The first-order valence-corrected chi connectivity index (χ1v) is 5.79. The predicted molar refractivity (Wildman–Crippen MR) is 58.2 cm³/mol. The first-order valence-electron chi connectivity index (χ1n) is 5.79. The number of alkyl halides is 3. The Kier molecular flexibility index (Phi) is 4.41. The summed E-state index contributed by atoms with van der Waals surface area (Å²) in [5.41, 5.74) is 5.90. The predicted octanol–water partition coefficient (Wildman–Crippen LogP) is 1.77. The molecule has 0 aromatic rings. The highest BCUT2D eigenvalue weighted by atomic mass is 19.4. The van der Waals surface area contributed by atoms with Gasteiger partial charge in [0.15, 0.2) is 0 Å². The molecule has 100 valence electrons. The minimum atomic E-state index is -4.35. The Morgan fingerprint density at radius 2 is 2.00 bits per heavy atom. The summed E-state index contributed by atoms with van der Waals surface area (Å²) in [7, 11) is 1.18. The third-order valence-corrected chi connectivity index (χ3v) is 3.41. The van der Waals surface area contributed by atoms with Gasteiger partial charge in [-0.25, -0.2) is 0 Å². The maximum Gasteiger partial charge on any atom is 0.406 e. The van der Waals surface area contributed by atoms with E-state index in [1.807, 2.05) is 6.92 Å². The first kappa shape index (κ1) is 14.3. The van der Waals surface area contributed by atoms with E-state index in [0.29, 0.717) is 6.42 Å². The summed E-state index contributed by atoms with van der Waals surface area (Å²) in [6.07, 6.45) is -1.97. The van der Waals surface area contributed by atoms with Crippen LogP contribution in [-0.4, -0.2) is 36.6 Å². The topological polar surface area (TPSA) is 46.3 Å². The molecule has 3 unspecified atom stereocenters. The summed E-state index contributed by atoms with van der Waals surface area (Å²) in [6.45, 7) is 0.733. The van der Waals surface area contributed by atoms with E-state index in [4.69, 9.17) is 5.73 Å². The fourth-order valence-electron chi connectivity index (χ4n) is 2.36. The van der Waals surface area contributed by atoms with E-state index in [2.05, 4.69) is 0 Å². The van der Waals surface area contributed by atoms with E-state index in [-0.39, 0.29) is 12.0 Å². The Bertz CT molecular complexity index is 280. The summed E-state index contributed by atoms with van der Waals surface area (Å²) >= 11 is 0. The number of rotatable bonds is 2. The molecule has 0 saturated heterocycles. The lowest BCUT2D eigenvalue weighted by atomic mass is 9.77. The largest absolute Gasteiger partial charge is 0.406 e. The molecule has 0 heterocycles. The van der Waals surface area contributed by atoms with Crippen molar-refractivity contribution in [2.75, 3.05) is 13.6 Å². The number of nitrogens with two attached hydrogens (primary N) is 1. The highest BCUT2D eigenvalue weighted by Gasteiger charge is 2.37. The van der Waals surface area contributed by atoms with Crippen molar-refractivity contribution >= 4 is 5.91 Å². The maximum atomic E-state index is 12.2. The van der Waals surface area contributed by atoms with Crippen molar-refractivity contribution in [2.24, 2.45) is 17.6 Å². The molecule has 1 amide bonds. The molecule has 0 spiro atoms. The molecular weight excluding hydrogens is 233 g/mol. The van der Waals surface area contributed by atoms with Gasteiger partial charge in [-0.3, -0.25) is 4.79 Å². The minimum absolute atomic E-state index is 0.192. The Balaban J connectivity index is 2.62. The number of carbonyl (C=O) groups excluding carboxylic acids is 1. The number of hydrogen-bond acceptors (Lipinski definition) is 2. The maximum absolute atomic E-state index is 12.2. The van der Waals surface area contributed by atoms with E-state index in [1.54, 1.807) is 0 Å². The smallest absolute Gasteiger partial charge is 0.336 e. The van der Waals surface area contributed by atoms with Crippen LogP contribution in [0, 0.1) is 11.8 Å². The zero-order chi connectivity index (χ0) is 13.2. The summed E-state index contributed by atoms with van der Waals surface area (Å²) in [4.78, 5) is 12.6. The van der Waals surface area contributed by atoms with Crippen molar-refractivity contribution in [3.8, 4) is 0 Å².